The van der Waals surface area contributed by atoms with Gasteiger partial charge in [-0.05, 0) is 47.5 Å². The average molecular weight is 507 g/mol. The Kier molecular flexibility index (Phi) is 6.66. The van der Waals surface area contributed by atoms with Crippen molar-refractivity contribution in [2.24, 2.45) is 10.1 Å². The zero-order chi connectivity index (χ0) is 24.4. The molecular formula is C26H20ClFN4O2S. The number of thioether (sulfide) groups is 1. The molecule has 0 bridgehead atoms. The van der Waals surface area contributed by atoms with Crippen LogP contribution in [0.25, 0.3) is 0 Å². The van der Waals surface area contributed by atoms with Gasteiger partial charge in [0, 0.05) is 23.6 Å². The average Bonchev–Trinajstić information content (AvgIpc) is 3.45. The highest BCUT2D eigenvalue weighted by molar-refractivity contribution is 8.15. The Morgan fingerprint density at radius 3 is 2.49 bits per heavy atom. The molecule has 0 radical (unpaired) electrons. The molecule has 0 aliphatic carbocycles. The Bertz CT molecular complexity index is 1310. The number of para-hydroxylation sites is 1. The molecule has 1 N–H and O–H groups in total. The van der Waals surface area contributed by atoms with Crippen molar-refractivity contribution >= 4 is 51.7 Å². The minimum absolute atomic E-state index is 0.00575. The maximum absolute atomic E-state index is 13.6. The number of nitrogens with zero attached hydrogens (tertiary/aromatic N) is 3. The van der Waals surface area contributed by atoms with Crippen LogP contribution in [0.5, 0.6) is 0 Å². The molecule has 176 valence electrons. The molecular weight excluding hydrogens is 487 g/mol. The van der Waals surface area contributed by atoms with Crippen LogP contribution in [0.15, 0.2) is 89.0 Å². The summed E-state index contributed by atoms with van der Waals surface area (Å²) >= 11 is 7.26. The van der Waals surface area contributed by atoms with Gasteiger partial charge in [0.1, 0.15) is 11.1 Å². The summed E-state index contributed by atoms with van der Waals surface area (Å²) in [5.74, 6) is -0.967. The number of amides is 2. The quantitative estimate of drug-likeness (QED) is 0.484. The smallest absolute Gasteiger partial charge is 0.262 e. The van der Waals surface area contributed by atoms with E-state index in [-0.39, 0.29) is 30.1 Å². The van der Waals surface area contributed by atoms with Crippen molar-refractivity contribution in [3.63, 3.8) is 0 Å². The van der Waals surface area contributed by atoms with Crippen LogP contribution in [-0.4, -0.2) is 33.0 Å². The first-order valence-corrected chi connectivity index (χ1v) is 12.2. The standard InChI is InChI=1S/C26H20ClFN4O2S/c27-18-10-6-16(7-11-18)21-14-22(17-8-12-19(28)13-9-17)32(31-21)26-30-25(34)23(35-26)15-24(33)29-20-4-2-1-3-5-20/h1-13,22-23H,14-15H2,(H,29,33)/t22-,23-/m1/s1. The van der Waals surface area contributed by atoms with Crippen LogP contribution in [0.2, 0.25) is 5.02 Å². The monoisotopic (exact) mass is 506 g/mol. The fraction of sp³-hybridized carbons (Fsp3) is 0.154. The molecule has 0 saturated carbocycles. The van der Waals surface area contributed by atoms with Crippen LogP contribution in [0.4, 0.5) is 10.1 Å². The molecule has 0 aromatic heterocycles. The number of carbonyl (C=O) groups excluding carboxylic acids is 2. The van der Waals surface area contributed by atoms with Gasteiger partial charge in [-0.15, -0.1) is 0 Å². The second kappa shape index (κ2) is 10.0. The Balaban J connectivity index is 1.36. The van der Waals surface area contributed by atoms with E-state index in [9.17, 15) is 14.0 Å². The third kappa shape index (κ3) is 5.28. The number of hydrazone groups is 1. The zero-order valence-corrected chi connectivity index (χ0v) is 20.0. The molecule has 9 heteroatoms. The largest absolute Gasteiger partial charge is 0.326 e. The maximum atomic E-state index is 13.6. The van der Waals surface area contributed by atoms with Gasteiger partial charge in [0.05, 0.1) is 11.8 Å². The molecule has 0 saturated heterocycles. The third-order valence-corrected chi connectivity index (χ3v) is 7.09. The Morgan fingerprint density at radius 1 is 1.06 bits per heavy atom. The van der Waals surface area contributed by atoms with Gasteiger partial charge in [0.15, 0.2) is 5.17 Å². The molecule has 6 nitrogen and oxygen atoms in total. The second-order valence-electron chi connectivity index (χ2n) is 8.13. The molecule has 0 spiro atoms. The van der Waals surface area contributed by atoms with Gasteiger partial charge >= 0.3 is 0 Å². The summed E-state index contributed by atoms with van der Waals surface area (Å²) < 4.78 is 13.6. The number of hydrogen-bond acceptors (Lipinski definition) is 5. The minimum Gasteiger partial charge on any atom is -0.326 e. The fourth-order valence-corrected chi connectivity index (χ4v) is 5.14. The summed E-state index contributed by atoms with van der Waals surface area (Å²) in [6.45, 7) is 0. The highest BCUT2D eigenvalue weighted by Crippen LogP contribution is 2.38. The van der Waals surface area contributed by atoms with Crippen molar-refractivity contribution in [2.75, 3.05) is 5.32 Å². The molecule has 3 aromatic rings. The maximum Gasteiger partial charge on any atom is 0.262 e. The Morgan fingerprint density at radius 2 is 1.77 bits per heavy atom. The summed E-state index contributed by atoms with van der Waals surface area (Å²) in [5, 5.41) is 9.68. The van der Waals surface area contributed by atoms with Gasteiger partial charge in [0.2, 0.25) is 5.91 Å². The van der Waals surface area contributed by atoms with Crippen LogP contribution in [0.1, 0.15) is 30.0 Å². The number of amidine groups is 1. The van der Waals surface area contributed by atoms with E-state index in [1.54, 1.807) is 41.4 Å². The van der Waals surface area contributed by atoms with Gasteiger partial charge in [-0.3, -0.25) is 9.59 Å². The lowest BCUT2D eigenvalue weighted by atomic mass is 9.98. The lowest BCUT2D eigenvalue weighted by Crippen LogP contribution is -2.25. The topological polar surface area (TPSA) is 74.1 Å². The number of rotatable bonds is 5. The van der Waals surface area contributed by atoms with Crippen LogP contribution in [0, 0.1) is 5.82 Å². The van der Waals surface area contributed by atoms with E-state index in [1.165, 1.54) is 23.9 Å². The first-order chi connectivity index (χ1) is 17.0. The number of nitrogens with one attached hydrogen (secondary N) is 1. The van der Waals surface area contributed by atoms with Gasteiger partial charge in [-0.1, -0.05) is 65.8 Å². The van der Waals surface area contributed by atoms with Crippen molar-refractivity contribution in [3.05, 3.63) is 101 Å². The zero-order valence-electron chi connectivity index (χ0n) is 18.4. The highest BCUT2D eigenvalue weighted by atomic mass is 35.5. The van der Waals surface area contributed by atoms with Crippen LogP contribution >= 0.6 is 23.4 Å². The summed E-state index contributed by atoms with van der Waals surface area (Å²) in [7, 11) is 0. The van der Waals surface area contributed by atoms with E-state index < -0.39 is 5.25 Å². The first kappa shape index (κ1) is 23.3. The van der Waals surface area contributed by atoms with Crippen LogP contribution in [-0.2, 0) is 9.59 Å². The Hall–Kier alpha value is -3.49. The molecule has 35 heavy (non-hydrogen) atoms. The van der Waals surface area contributed by atoms with Crippen molar-refractivity contribution < 1.29 is 14.0 Å². The van der Waals surface area contributed by atoms with E-state index in [0.717, 1.165) is 16.8 Å². The molecule has 2 amide bonds. The van der Waals surface area contributed by atoms with E-state index in [1.807, 2.05) is 30.3 Å². The van der Waals surface area contributed by atoms with E-state index in [2.05, 4.69) is 10.3 Å². The summed E-state index contributed by atoms with van der Waals surface area (Å²) in [6.07, 6.45) is 0.536. The number of aliphatic imine (C=N–C) groups is 1. The normalized spacial score (nSPS) is 19.5. The minimum atomic E-state index is -0.641. The molecule has 0 unspecified atom stereocenters. The number of carbonyl (C=O) groups is 2. The SMILES string of the molecule is O=C(C[C@H]1SC(N2N=C(c3ccc(Cl)cc3)C[C@@H]2c2ccc(F)cc2)=NC1=O)Nc1ccccc1. The van der Waals surface area contributed by atoms with E-state index in [0.29, 0.717) is 22.3 Å². The lowest BCUT2D eigenvalue weighted by molar-refractivity contribution is -0.121. The Labute approximate surface area is 210 Å². The van der Waals surface area contributed by atoms with Crippen molar-refractivity contribution in [1.29, 1.82) is 0 Å². The first-order valence-electron chi connectivity index (χ1n) is 11.0. The highest BCUT2D eigenvalue weighted by Gasteiger charge is 2.39. The predicted octanol–water partition coefficient (Wildman–Crippen LogP) is 5.66. The van der Waals surface area contributed by atoms with Crippen LogP contribution in [0.3, 0.4) is 0 Å². The molecule has 2 aliphatic rings. The fourth-order valence-electron chi connectivity index (χ4n) is 3.95. The molecule has 2 atom stereocenters. The molecule has 3 aromatic carbocycles. The van der Waals surface area contributed by atoms with Crippen molar-refractivity contribution in [1.82, 2.24) is 5.01 Å². The summed E-state index contributed by atoms with van der Waals surface area (Å²) in [6, 6.07) is 22.4. The van der Waals surface area contributed by atoms with E-state index in [4.69, 9.17) is 16.7 Å². The molecule has 2 aliphatic heterocycles. The van der Waals surface area contributed by atoms with Gasteiger partial charge in [-0.2, -0.15) is 10.1 Å². The molecule has 0 fully saturated rings. The van der Waals surface area contributed by atoms with E-state index >= 15 is 0 Å². The molecule has 5 rings (SSSR count). The number of benzene rings is 3. The molecule has 2 heterocycles. The predicted molar refractivity (Wildman–Crippen MR) is 137 cm³/mol. The lowest BCUT2D eigenvalue weighted by Gasteiger charge is -2.23. The summed E-state index contributed by atoms with van der Waals surface area (Å²) in [5.41, 5.74) is 3.22. The van der Waals surface area contributed by atoms with Gasteiger partial charge < -0.3 is 5.32 Å². The third-order valence-electron chi connectivity index (χ3n) is 5.70. The van der Waals surface area contributed by atoms with Gasteiger partial charge in [-0.25, -0.2) is 9.40 Å². The van der Waals surface area contributed by atoms with Crippen molar-refractivity contribution in [2.45, 2.75) is 24.1 Å². The van der Waals surface area contributed by atoms with Crippen LogP contribution < -0.4 is 5.32 Å². The number of anilines is 1. The second-order valence-corrected chi connectivity index (χ2v) is 9.73. The number of hydrogen-bond donors (Lipinski definition) is 1. The summed E-state index contributed by atoms with van der Waals surface area (Å²) in [4.78, 5) is 29.4. The van der Waals surface area contributed by atoms with Gasteiger partial charge in [0.25, 0.3) is 5.91 Å². The number of halogens is 2. The van der Waals surface area contributed by atoms with Crippen molar-refractivity contribution in [3.8, 4) is 0 Å².